The Hall–Kier alpha value is -4.97. The predicted octanol–water partition coefficient (Wildman–Crippen LogP) is 5.96. The quantitative estimate of drug-likeness (QED) is 0.237. The molecule has 2 aliphatic rings. The molecule has 13 heteroatoms. The van der Waals surface area contributed by atoms with Gasteiger partial charge in [0.05, 0.1) is 34.7 Å². The third-order valence-corrected chi connectivity index (χ3v) is 8.47. The second-order valence-electron chi connectivity index (χ2n) is 11.1. The van der Waals surface area contributed by atoms with Gasteiger partial charge in [-0.3, -0.25) is 14.2 Å². The lowest BCUT2D eigenvalue weighted by molar-refractivity contribution is 0.487. The molecule has 0 spiro atoms. The van der Waals surface area contributed by atoms with Gasteiger partial charge in [-0.1, -0.05) is 36.2 Å². The molecule has 228 valence electrons. The summed E-state index contributed by atoms with van der Waals surface area (Å²) in [6, 6.07) is 8.43. The molecule has 0 unspecified atom stereocenters. The maximum Gasteiger partial charge on any atom is 0.359 e. The van der Waals surface area contributed by atoms with Crippen molar-refractivity contribution in [1.82, 2.24) is 28.9 Å². The maximum atomic E-state index is 15.0. The number of benzene rings is 3. The fourth-order valence-corrected chi connectivity index (χ4v) is 6.34. The molecule has 0 aliphatic carbocycles. The average molecular weight is 632 g/mol. The molecule has 9 nitrogen and oxygen atoms in total. The zero-order chi connectivity index (χ0) is 31.4. The lowest BCUT2D eigenvalue weighted by atomic mass is 9.97. The van der Waals surface area contributed by atoms with E-state index in [0.717, 1.165) is 50.3 Å². The summed E-state index contributed by atoms with van der Waals surface area (Å²) in [5.41, 5.74) is 0.882. The standard InChI is InChI=1S/C32H25ClF3N7O2/c1-41-16-21-20-9-4-2-3-6-17-7-5-8-18-13-37-14-27(28(17)18)43-31(44)39-30(38-29(20)22(33)11-26(21)40-41)42(32(43)45)15-19-10-24(35)25(36)12-23(19)34/h5,7-8,10-14,16H,2-4,6,9,15H2,1H3,(H,38,39,44). The van der Waals surface area contributed by atoms with Crippen molar-refractivity contribution in [2.75, 3.05) is 5.32 Å². The summed E-state index contributed by atoms with van der Waals surface area (Å²) < 4.78 is 46.6. The zero-order valence-electron chi connectivity index (χ0n) is 24.0. The minimum Gasteiger partial charge on any atom is -0.324 e. The van der Waals surface area contributed by atoms with Gasteiger partial charge in [0.2, 0.25) is 5.95 Å². The van der Waals surface area contributed by atoms with Gasteiger partial charge in [0.25, 0.3) is 0 Å². The molecule has 0 saturated carbocycles. The highest BCUT2D eigenvalue weighted by Gasteiger charge is 2.23. The molecular weight excluding hydrogens is 607 g/mol. The number of nitrogens with zero attached hydrogens (tertiary/aromatic N) is 6. The third-order valence-electron chi connectivity index (χ3n) is 8.18. The molecule has 3 aromatic carbocycles. The van der Waals surface area contributed by atoms with Crippen molar-refractivity contribution in [1.29, 1.82) is 0 Å². The van der Waals surface area contributed by atoms with Crippen LogP contribution in [0.3, 0.4) is 0 Å². The number of nitrogens with one attached hydrogen (secondary N) is 1. The molecule has 0 atom stereocenters. The Balaban J connectivity index is 1.53. The van der Waals surface area contributed by atoms with Crippen molar-refractivity contribution in [2.24, 2.45) is 7.05 Å². The van der Waals surface area contributed by atoms with Gasteiger partial charge in [0.1, 0.15) is 5.82 Å². The van der Waals surface area contributed by atoms with Crippen LogP contribution >= 0.6 is 11.6 Å². The largest absolute Gasteiger partial charge is 0.359 e. The number of halogens is 4. The van der Waals surface area contributed by atoms with Gasteiger partial charge in [-0.15, -0.1) is 0 Å². The molecule has 1 N–H and O–H groups in total. The Bertz CT molecular complexity index is 2270. The van der Waals surface area contributed by atoms with E-state index in [2.05, 4.69) is 20.4 Å². The minimum atomic E-state index is -1.37. The first kappa shape index (κ1) is 28.8. The van der Waals surface area contributed by atoms with Crippen molar-refractivity contribution in [2.45, 2.75) is 38.6 Å². The molecule has 3 aromatic heterocycles. The summed E-state index contributed by atoms with van der Waals surface area (Å²) >= 11 is 6.78. The highest BCUT2D eigenvalue weighted by molar-refractivity contribution is 6.34. The summed E-state index contributed by atoms with van der Waals surface area (Å²) in [6.07, 6.45) is 8.71. The molecule has 6 aromatic rings. The first-order chi connectivity index (χ1) is 21.7. The van der Waals surface area contributed by atoms with Crippen LogP contribution in [0.1, 0.15) is 36.0 Å². The van der Waals surface area contributed by atoms with Crippen LogP contribution in [0.25, 0.3) is 27.4 Å². The number of hydrogen-bond donors (Lipinski definition) is 1. The van der Waals surface area contributed by atoms with Gasteiger partial charge in [-0.2, -0.15) is 10.1 Å². The fraction of sp³-hybridized carbons (Fsp3) is 0.219. The van der Waals surface area contributed by atoms with Gasteiger partial charge >= 0.3 is 11.4 Å². The minimum absolute atomic E-state index is 0.210. The molecule has 45 heavy (non-hydrogen) atoms. The fourth-order valence-electron chi connectivity index (χ4n) is 6.08. The smallest absolute Gasteiger partial charge is 0.324 e. The molecular formula is C32H25ClF3N7O2. The normalized spacial score (nSPS) is 13.4. The van der Waals surface area contributed by atoms with Crippen LogP contribution in [0.2, 0.25) is 5.02 Å². The number of rotatable bonds is 2. The Morgan fingerprint density at radius 1 is 0.978 bits per heavy atom. The van der Waals surface area contributed by atoms with E-state index in [-0.39, 0.29) is 22.2 Å². The Morgan fingerprint density at radius 3 is 2.62 bits per heavy atom. The lowest BCUT2D eigenvalue weighted by Gasteiger charge is -2.19. The third kappa shape index (κ3) is 5.04. The van der Waals surface area contributed by atoms with Crippen LogP contribution in [0.5, 0.6) is 0 Å². The Labute approximate surface area is 258 Å². The van der Waals surface area contributed by atoms with Gasteiger partial charge in [0, 0.05) is 47.2 Å². The number of aryl methyl sites for hydroxylation is 3. The van der Waals surface area contributed by atoms with Crippen LogP contribution in [0.4, 0.5) is 24.8 Å². The number of pyridine rings is 1. The van der Waals surface area contributed by atoms with E-state index in [0.29, 0.717) is 41.6 Å². The van der Waals surface area contributed by atoms with E-state index in [1.807, 2.05) is 24.4 Å². The number of hydrogen-bond acceptors (Lipinski definition) is 6. The average Bonchev–Trinajstić information content (AvgIpc) is 3.37. The number of fused-ring (bicyclic) bond motifs is 7. The molecule has 2 bridgehead atoms. The summed E-state index contributed by atoms with van der Waals surface area (Å²) in [5.74, 6) is -3.98. The predicted molar refractivity (Wildman–Crippen MR) is 165 cm³/mol. The van der Waals surface area contributed by atoms with Crippen molar-refractivity contribution >= 4 is 44.9 Å². The van der Waals surface area contributed by atoms with Crippen LogP contribution in [-0.4, -0.2) is 28.9 Å². The van der Waals surface area contributed by atoms with Crippen molar-refractivity contribution in [3.63, 3.8) is 0 Å². The molecule has 0 amide bonds. The van der Waals surface area contributed by atoms with E-state index >= 15 is 0 Å². The topological polar surface area (TPSA) is 99.6 Å². The highest BCUT2D eigenvalue weighted by Crippen LogP contribution is 2.36. The number of aromatic nitrogens is 6. The molecule has 0 saturated heterocycles. The lowest BCUT2D eigenvalue weighted by Crippen LogP contribution is -2.42. The first-order valence-electron chi connectivity index (χ1n) is 14.3. The van der Waals surface area contributed by atoms with E-state index in [4.69, 9.17) is 11.6 Å². The van der Waals surface area contributed by atoms with Crippen molar-refractivity contribution in [3.05, 3.63) is 115 Å². The molecule has 8 rings (SSSR count). The van der Waals surface area contributed by atoms with Gasteiger partial charge < -0.3 is 5.32 Å². The zero-order valence-corrected chi connectivity index (χ0v) is 24.7. The van der Waals surface area contributed by atoms with Crippen LogP contribution in [0.15, 0.2) is 64.6 Å². The SMILES string of the molecule is Cn1cc2c3c(c(Cl)cc2n1)Nc1nc(=O)n(c(=O)n1Cc1cc(F)c(F)cc1F)-c1cncc2cccc(c12)CCCCC3. The van der Waals surface area contributed by atoms with Gasteiger partial charge in [0.15, 0.2) is 11.6 Å². The second kappa shape index (κ2) is 11.2. The van der Waals surface area contributed by atoms with Crippen molar-refractivity contribution < 1.29 is 13.2 Å². The van der Waals surface area contributed by atoms with Gasteiger partial charge in [-0.25, -0.2) is 27.3 Å². The Kier molecular flexibility index (Phi) is 7.16. The molecule has 0 radical (unpaired) electrons. The monoisotopic (exact) mass is 631 g/mol. The second-order valence-corrected chi connectivity index (χ2v) is 11.5. The highest BCUT2D eigenvalue weighted by atomic mass is 35.5. The molecule has 0 fully saturated rings. The van der Waals surface area contributed by atoms with E-state index < -0.39 is 35.4 Å². The summed E-state index contributed by atoms with van der Waals surface area (Å²) in [4.78, 5) is 36.6. The van der Waals surface area contributed by atoms with Gasteiger partial charge in [-0.05, 0) is 48.9 Å². The van der Waals surface area contributed by atoms with Crippen LogP contribution in [-0.2, 0) is 26.4 Å². The van der Waals surface area contributed by atoms with Crippen molar-refractivity contribution in [3.8, 4) is 5.69 Å². The first-order valence-corrected chi connectivity index (χ1v) is 14.7. The Morgan fingerprint density at radius 2 is 1.78 bits per heavy atom. The summed E-state index contributed by atoms with van der Waals surface area (Å²) in [5, 5.41) is 10.1. The molecule has 2 aliphatic heterocycles. The molecule has 5 heterocycles. The van der Waals surface area contributed by atoms with E-state index in [1.165, 1.54) is 6.20 Å². The van der Waals surface area contributed by atoms with Crippen LogP contribution < -0.4 is 16.7 Å². The van der Waals surface area contributed by atoms with Crippen LogP contribution in [0, 0.1) is 17.5 Å². The number of anilines is 2. The summed E-state index contributed by atoms with van der Waals surface area (Å²) in [7, 11) is 1.79. The van der Waals surface area contributed by atoms with E-state index in [1.54, 1.807) is 24.0 Å². The maximum absolute atomic E-state index is 15.0. The van der Waals surface area contributed by atoms with E-state index in [9.17, 15) is 22.8 Å². The summed E-state index contributed by atoms with van der Waals surface area (Å²) in [6.45, 7) is -0.579.